The lowest BCUT2D eigenvalue weighted by atomic mass is 10.1. The number of ether oxygens (including phenoxy) is 1. The van der Waals surface area contributed by atoms with Crippen LogP contribution in [0.1, 0.15) is 21.3 Å². The van der Waals surface area contributed by atoms with Crippen LogP contribution >= 0.6 is 11.3 Å². The monoisotopic (exact) mass is 334 g/mol. The first-order valence-corrected chi connectivity index (χ1v) is 8.51. The molecule has 122 valence electrons. The van der Waals surface area contributed by atoms with E-state index in [0.29, 0.717) is 19.8 Å². The van der Waals surface area contributed by atoms with Crippen LogP contribution in [0, 0.1) is 5.82 Å². The van der Waals surface area contributed by atoms with Crippen molar-refractivity contribution >= 4 is 17.2 Å². The lowest BCUT2D eigenvalue weighted by molar-refractivity contribution is 0.0169. The second-order valence-electron chi connectivity index (χ2n) is 5.37. The third-order valence-electron chi connectivity index (χ3n) is 3.93. The summed E-state index contributed by atoms with van der Waals surface area (Å²) in [6.45, 7) is 3.51. The van der Waals surface area contributed by atoms with E-state index in [-0.39, 0.29) is 17.5 Å². The van der Waals surface area contributed by atoms with Gasteiger partial charge in [0.15, 0.2) is 0 Å². The summed E-state index contributed by atoms with van der Waals surface area (Å²) in [7, 11) is 0. The van der Waals surface area contributed by atoms with Crippen molar-refractivity contribution in [3.8, 4) is 0 Å². The number of nitrogens with zero attached hydrogens (tertiary/aromatic N) is 1. The maximum absolute atomic E-state index is 13.7. The van der Waals surface area contributed by atoms with Gasteiger partial charge in [0.25, 0.3) is 5.91 Å². The minimum Gasteiger partial charge on any atom is -0.379 e. The summed E-state index contributed by atoms with van der Waals surface area (Å²) in [5.74, 6) is -0.873. The summed E-state index contributed by atoms with van der Waals surface area (Å²) in [5, 5.41) is 4.90. The fourth-order valence-electron chi connectivity index (χ4n) is 2.71. The van der Waals surface area contributed by atoms with E-state index >= 15 is 0 Å². The Morgan fingerprint density at radius 3 is 2.74 bits per heavy atom. The van der Waals surface area contributed by atoms with Crippen molar-refractivity contribution in [2.75, 3.05) is 32.8 Å². The van der Waals surface area contributed by atoms with Gasteiger partial charge in [-0.25, -0.2) is 4.39 Å². The average molecular weight is 334 g/mol. The Labute approximate surface area is 138 Å². The summed E-state index contributed by atoms with van der Waals surface area (Å²) >= 11 is 1.67. The van der Waals surface area contributed by atoms with Crippen molar-refractivity contribution in [3.05, 3.63) is 58.0 Å². The summed E-state index contributed by atoms with van der Waals surface area (Å²) in [4.78, 5) is 15.7. The first kappa shape index (κ1) is 16.1. The van der Waals surface area contributed by atoms with E-state index in [9.17, 15) is 9.18 Å². The number of rotatable bonds is 5. The number of carbonyl (C=O) groups is 1. The summed E-state index contributed by atoms with van der Waals surface area (Å²) in [6, 6.07) is 10.2. The van der Waals surface area contributed by atoms with Crippen LogP contribution in [0.15, 0.2) is 41.8 Å². The molecule has 1 unspecified atom stereocenters. The number of thiophene rings is 1. The first-order valence-electron chi connectivity index (χ1n) is 7.63. The van der Waals surface area contributed by atoms with Gasteiger partial charge in [-0.2, -0.15) is 0 Å². The average Bonchev–Trinajstić information content (AvgIpc) is 3.10. The fourth-order valence-corrected chi connectivity index (χ4v) is 3.57. The molecule has 23 heavy (non-hydrogen) atoms. The first-order chi connectivity index (χ1) is 11.3. The molecule has 1 atom stereocenters. The molecule has 0 radical (unpaired) electrons. The standard InChI is InChI=1S/C17H19FN2O2S/c18-14-5-2-1-4-13(14)17(21)19-12-15(16-6-3-11-23-16)20-7-9-22-10-8-20/h1-6,11,15H,7-10,12H2,(H,19,21). The van der Waals surface area contributed by atoms with Crippen molar-refractivity contribution in [2.45, 2.75) is 6.04 Å². The zero-order valence-corrected chi connectivity index (χ0v) is 13.5. The molecule has 1 saturated heterocycles. The third-order valence-corrected chi connectivity index (χ3v) is 4.91. The minimum absolute atomic E-state index is 0.0828. The highest BCUT2D eigenvalue weighted by Crippen LogP contribution is 2.25. The van der Waals surface area contributed by atoms with Crippen LogP contribution in [0.4, 0.5) is 4.39 Å². The second-order valence-corrected chi connectivity index (χ2v) is 6.35. The van der Waals surface area contributed by atoms with E-state index in [4.69, 9.17) is 4.74 Å². The molecule has 4 nitrogen and oxygen atoms in total. The number of carbonyl (C=O) groups excluding carboxylic acids is 1. The molecular formula is C17H19FN2O2S. The van der Waals surface area contributed by atoms with E-state index in [1.165, 1.54) is 17.0 Å². The van der Waals surface area contributed by atoms with Crippen LogP contribution in [0.25, 0.3) is 0 Å². The van der Waals surface area contributed by atoms with Crippen molar-refractivity contribution in [1.82, 2.24) is 10.2 Å². The molecule has 2 heterocycles. The van der Waals surface area contributed by atoms with Gasteiger partial charge >= 0.3 is 0 Å². The lowest BCUT2D eigenvalue weighted by Crippen LogP contribution is -2.43. The Balaban J connectivity index is 1.69. The fraction of sp³-hybridized carbons (Fsp3) is 0.353. The van der Waals surface area contributed by atoms with Crippen LogP contribution in [0.5, 0.6) is 0 Å². The summed E-state index contributed by atoms with van der Waals surface area (Å²) in [5.41, 5.74) is 0.0828. The lowest BCUT2D eigenvalue weighted by Gasteiger charge is -2.34. The molecule has 1 fully saturated rings. The van der Waals surface area contributed by atoms with Gasteiger partial charge < -0.3 is 10.1 Å². The summed E-state index contributed by atoms with van der Waals surface area (Å²) in [6.07, 6.45) is 0. The number of amides is 1. The number of benzene rings is 1. The molecule has 0 aliphatic carbocycles. The number of nitrogens with one attached hydrogen (secondary N) is 1. The predicted molar refractivity (Wildman–Crippen MR) is 88.2 cm³/mol. The highest BCUT2D eigenvalue weighted by atomic mass is 32.1. The Morgan fingerprint density at radius 2 is 2.04 bits per heavy atom. The molecule has 1 aromatic carbocycles. The molecule has 1 N–H and O–H groups in total. The maximum Gasteiger partial charge on any atom is 0.254 e. The van der Waals surface area contributed by atoms with Gasteiger partial charge in [0.2, 0.25) is 0 Å². The Kier molecular flexibility index (Phi) is 5.38. The van der Waals surface area contributed by atoms with Crippen molar-refractivity contribution in [1.29, 1.82) is 0 Å². The molecule has 0 spiro atoms. The molecule has 1 amide bonds. The number of morpholine rings is 1. The van der Waals surface area contributed by atoms with Crippen LogP contribution in [-0.2, 0) is 4.74 Å². The molecule has 0 saturated carbocycles. The molecule has 3 rings (SSSR count). The zero-order chi connectivity index (χ0) is 16.1. The number of hydrogen-bond donors (Lipinski definition) is 1. The summed E-state index contributed by atoms with van der Waals surface area (Å²) < 4.78 is 19.1. The van der Waals surface area contributed by atoms with Crippen molar-refractivity contribution < 1.29 is 13.9 Å². The Hall–Kier alpha value is -1.76. The second kappa shape index (κ2) is 7.68. The van der Waals surface area contributed by atoms with Gasteiger partial charge in [0.05, 0.1) is 24.8 Å². The SMILES string of the molecule is O=C(NCC(c1cccs1)N1CCOCC1)c1ccccc1F. The van der Waals surface area contributed by atoms with Gasteiger partial charge in [-0.3, -0.25) is 9.69 Å². The topological polar surface area (TPSA) is 41.6 Å². The van der Waals surface area contributed by atoms with Gasteiger partial charge in [-0.05, 0) is 23.6 Å². The van der Waals surface area contributed by atoms with E-state index in [1.54, 1.807) is 23.5 Å². The van der Waals surface area contributed by atoms with Gasteiger partial charge in [0, 0.05) is 24.5 Å². The molecule has 1 aromatic heterocycles. The Bertz CT molecular complexity index is 642. The molecule has 1 aliphatic rings. The third kappa shape index (κ3) is 3.96. The van der Waals surface area contributed by atoms with Crippen LogP contribution < -0.4 is 5.32 Å². The van der Waals surface area contributed by atoms with Gasteiger partial charge in [-0.1, -0.05) is 18.2 Å². The molecule has 0 bridgehead atoms. The zero-order valence-electron chi connectivity index (χ0n) is 12.7. The van der Waals surface area contributed by atoms with Gasteiger partial charge in [-0.15, -0.1) is 11.3 Å². The van der Waals surface area contributed by atoms with Crippen molar-refractivity contribution in [2.24, 2.45) is 0 Å². The normalized spacial score (nSPS) is 16.9. The number of halogens is 1. The maximum atomic E-state index is 13.7. The van der Waals surface area contributed by atoms with Gasteiger partial charge in [0.1, 0.15) is 5.82 Å². The number of hydrogen-bond acceptors (Lipinski definition) is 4. The molecular weight excluding hydrogens is 315 g/mol. The van der Waals surface area contributed by atoms with E-state index < -0.39 is 5.82 Å². The molecule has 1 aliphatic heterocycles. The highest BCUT2D eigenvalue weighted by molar-refractivity contribution is 7.10. The van der Waals surface area contributed by atoms with Crippen LogP contribution in [0.2, 0.25) is 0 Å². The molecule has 6 heteroatoms. The largest absolute Gasteiger partial charge is 0.379 e. The predicted octanol–water partition coefficient (Wildman–Crippen LogP) is 2.69. The van der Waals surface area contributed by atoms with E-state index in [1.807, 2.05) is 11.4 Å². The smallest absolute Gasteiger partial charge is 0.254 e. The van der Waals surface area contributed by atoms with Crippen LogP contribution in [-0.4, -0.2) is 43.7 Å². The highest BCUT2D eigenvalue weighted by Gasteiger charge is 2.24. The van der Waals surface area contributed by atoms with Crippen molar-refractivity contribution in [3.63, 3.8) is 0 Å². The van der Waals surface area contributed by atoms with E-state index in [0.717, 1.165) is 13.1 Å². The molecule has 2 aromatic rings. The Morgan fingerprint density at radius 1 is 1.26 bits per heavy atom. The minimum atomic E-state index is -0.496. The van der Waals surface area contributed by atoms with E-state index in [2.05, 4.69) is 16.3 Å². The van der Waals surface area contributed by atoms with Crippen LogP contribution in [0.3, 0.4) is 0 Å². The quantitative estimate of drug-likeness (QED) is 0.914.